The highest BCUT2D eigenvalue weighted by molar-refractivity contribution is 5.66. The van der Waals surface area contributed by atoms with Gasteiger partial charge in [-0.15, -0.1) is 0 Å². The van der Waals surface area contributed by atoms with Crippen LogP contribution >= 0.6 is 0 Å². The average Bonchev–Trinajstić information content (AvgIpc) is 2.42. The van der Waals surface area contributed by atoms with Crippen molar-refractivity contribution in [1.82, 2.24) is 9.97 Å². The van der Waals surface area contributed by atoms with Crippen molar-refractivity contribution in [2.45, 2.75) is 26.9 Å². The number of alkyl halides is 2. The highest BCUT2D eigenvalue weighted by Crippen LogP contribution is 2.30. The number of aromatic nitrogens is 2. The van der Waals surface area contributed by atoms with Gasteiger partial charge >= 0.3 is 6.61 Å². The first-order chi connectivity index (χ1) is 9.52. The Bertz CT molecular complexity index is 617. The molecule has 0 saturated heterocycles. The predicted molar refractivity (Wildman–Crippen MR) is 72.6 cm³/mol. The summed E-state index contributed by atoms with van der Waals surface area (Å²) in [5.74, 6) is 0.674. The predicted octanol–water partition coefficient (Wildman–Crippen LogP) is 3.20. The molecule has 1 aromatic carbocycles. The molecule has 20 heavy (non-hydrogen) atoms. The topological polar surface area (TPSA) is 61.0 Å². The number of anilines is 1. The summed E-state index contributed by atoms with van der Waals surface area (Å²) in [4.78, 5) is 8.54. The van der Waals surface area contributed by atoms with E-state index in [-0.39, 0.29) is 5.75 Å². The Kier molecular flexibility index (Phi) is 4.12. The number of hydrogen-bond donors (Lipinski definition) is 1. The highest BCUT2D eigenvalue weighted by atomic mass is 19.3. The molecule has 2 N–H and O–H groups in total. The van der Waals surface area contributed by atoms with Crippen molar-refractivity contribution in [3.05, 3.63) is 35.5 Å². The van der Waals surface area contributed by atoms with Crippen LogP contribution in [0.2, 0.25) is 0 Å². The Morgan fingerprint density at radius 3 is 2.60 bits per heavy atom. The fourth-order valence-electron chi connectivity index (χ4n) is 1.90. The molecule has 0 aliphatic carbocycles. The minimum Gasteiger partial charge on any atom is -0.434 e. The minimum atomic E-state index is -2.90. The van der Waals surface area contributed by atoms with Gasteiger partial charge in [0.25, 0.3) is 0 Å². The van der Waals surface area contributed by atoms with E-state index in [1.165, 1.54) is 6.07 Å². The molecule has 0 atom stereocenters. The first kappa shape index (κ1) is 14.2. The van der Waals surface area contributed by atoms with Gasteiger partial charge in [-0.05, 0) is 25.5 Å². The Morgan fingerprint density at radius 1 is 1.25 bits per heavy atom. The van der Waals surface area contributed by atoms with Crippen molar-refractivity contribution in [3.63, 3.8) is 0 Å². The molecule has 4 nitrogen and oxygen atoms in total. The molecular weight excluding hydrogens is 264 g/mol. The summed E-state index contributed by atoms with van der Waals surface area (Å²) in [5, 5.41) is 0. The number of ether oxygens (including phenoxy) is 1. The summed E-state index contributed by atoms with van der Waals surface area (Å²) in [6, 6.07) is 6.39. The van der Waals surface area contributed by atoms with Gasteiger partial charge in [0.1, 0.15) is 11.6 Å². The van der Waals surface area contributed by atoms with E-state index in [9.17, 15) is 8.78 Å². The summed E-state index contributed by atoms with van der Waals surface area (Å²) in [6.45, 7) is 0.879. The Balaban J connectivity index is 2.54. The van der Waals surface area contributed by atoms with Crippen LogP contribution in [0.5, 0.6) is 5.75 Å². The lowest BCUT2D eigenvalue weighted by atomic mass is 10.1. The zero-order valence-corrected chi connectivity index (χ0v) is 11.2. The number of nitrogen functional groups attached to an aromatic ring is 1. The molecule has 6 heteroatoms. The van der Waals surface area contributed by atoms with Gasteiger partial charge in [0.2, 0.25) is 0 Å². The third-order valence-corrected chi connectivity index (χ3v) is 2.96. The summed E-state index contributed by atoms with van der Waals surface area (Å²) >= 11 is 0. The first-order valence-electron chi connectivity index (χ1n) is 6.20. The number of nitrogens with zero attached hydrogens (tertiary/aromatic N) is 2. The molecule has 1 aromatic heterocycles. The van der Waals surface area contributed by atoms with Crippen LogP contribution in [0.15, 0.2) is 24.3 Å². The third-order valence-electron chi connectivity index (χ3n) is 2.96. The maximum absolute atomic E-state index is 12.4. The second kappa shape index (κ2) is 5.81. The van der Waals surface area contributed by atoms with Gasteiger partial charge in [0, 0.05) is 11.3 Å². The number of para-hydroxylation sites is 1. The summed E-state index contributed by atoms with van der Waals surface area (Å²) in [7, 11) is 0. The molecule has 0 amide bonds. The minimum absolute atomic E-state index is 0.0350. The molecule has 106 valence electrons. The number of hydrogen-bond acceptors (Lipinski definition) is 4. The number of rotatable bonds is 4. The van der Waals surface area contributed by atoms with E-state index in [1.807, 2.05) is 13.8 Å². The van der Waals surface area contributed by atoms with E-state index in [1.54, 1.807) is 18.2 Å². The standard InChI is InChI=1S/C14H15F2N3O/c1-3-10-8(2)12(17)19-13(18-10)9-6-4-5-7-11(9)20-14(15)16/h4-7,14H,3H2,1-2H3,(H2,17,18,19). The van der Waals surface area contributed by atoms with Crippen molar-refractivity contribution in [1.29, 1.82) is 0 Å². The number of halogens is 2. The Morgan fingerprint density at radius 2 is 1.95 bits per heavy atom. The van der Waals surface area contributed by atoms with E-state index >= 15 is 0 Å². The van der Waals surface area contributed by atoms with Crippen molar-refractivity contribution in [3.8, 4) is 17.1 Å². The van der Waals surface area contributed by atoms with E-state index < -0.39 is 6.61 Å². The van der Waals surface area contributed by atoms with Gasteiger partial charge in [-0.3, -0.25) is 0 Å². The molecule has 0 radical (unpaired) electrons. The largest absolute Gasteiger partial charge is 0.434 e. The molecule has 0 aliphatic heterocycles. The average molecular weight is 279 g/mol. The van der Waals surface area contributed by atoms with Crippen LogP contribution in [0, 0.1) is 6.92 Å². The van der Waals surface area contributed by atoms with Gasteiger partial charge in [0.05, 0.1) is 5.56 Å². The monoisotopic (exact) mass is 279 g/mol. The molecule has 0 aliphatic rings. The van der Waals surface area contributed by atoms with Crippen LogP contribution in [-0.4, -0.2) is 16.6 Å². The van der Waals surface area contributed by atoms with E-state index in [0.717, 1.165) is 11.3 Å². The molecule has 2 rings (SSSR count). The smallest absolute Gasteiger partial charge is 0.387 e. The van der Waals surface area contributed by atoms with Gasteiger partial charge in [-0.2, -0.15) is 8.78 Å². The highest BCUT2D eigenvalue weighted by Gasteiger charge is 2.15. The SMILES string of the molecule is CCc1nc(-c2ccccc2OC(F)F)nc(N)c1C. The first-order valence-corrected chi connectivity index (χ1v) is 6.20. The van der Waals surface area contributed by atoms with Gasteiger partial charge in [-0.25, -0.2) is 9.97 Å². The summed E-state index contributed by atoms with van der Waals surface area (Å²) in [5.41, 5.74) is 7.84. The van der Waals surface area contributed by atoms with Crippen LogP contribution in [0.1, 0.15) is 18.2 Å². The molecule has 2 aromatic rings. The molecule has 0 saturated carbocycles. The van der Waals surface area contributed by atoms with Crippen molar-refractivity contribution in [2.24, 2.45) is 0 Å². The van der Waals surface area contributed by atoms with E-state index in [0.29, 0.717) is 23.6 Å². The van der Waals surface area contributed by atoms with Crippen molar-refractivity contribution in [2.75, 3.05) is 5.73 Å². The quantitative estimate of drug-likeness (QED) is 0.933. The van der Waals surface area contributed by atoms with Crippen LogP contribution in [-0.2, 0) is 6.42 Å². The Hall–Kier alpha value is -2.24. The molecule has 0 bridgehead atoms. The van der Waals surface area contributed by atoms with E-state index in [2.05, 4.69) is 14.7 Å². The fraction of sp³-hybridized carbons (Fsp3) is 0.286. The van der Waals surface area contributed by atoms with Crippen LogP contribution in [0.25, 0.3) is 11.4 Å². The molecule has 0 spiro atoms. The molecular formula is C14H15F2N3O. The zero-order chi connectivity index (χ0) is 14.7. The van der Waals surface area contributed by atoms with E-state index in [4.69, 9.17) is 5.73 Å². The lowest BCUT2D eigenvalue weighted by Gasteiger charge is -2.12. The number of nitrogens with two attached hydrogens (primary N) is 1. The normalized spacial score (nSPS) is 10.8. The molecule has 0 fully saturated rings. The van der Waals surface area contributed by atoms with Crippen molar-refractivity contribution >= 4 is 5.82 Å². The van der Waals surface area contributed by atoms with Crippen LogP contribution < -0.4 is 10.5 Å². The number of aryl methyl sites for hydroxylation is 1. The Labute approximate surface area is 115 Å². The maximum atomic E-state index is 12.4. The zero-order valence-electron chi connectivity index (χ0n) is 11.2. The third kappa shape index (κ3) is 2.84. The van der Waals surface area contributed by atoms with Crippen molar-refractivity contribution < 1.29 is 13.5 Å². The summed E-state index contributed by atoms with van der Waals surface area (Å²) < 4.78 is 29.3. The van der Waals surface area contributed by atoms with Gasteiger partial charge < -0.3 is 10.5 Å². The molecule has 0 unspecified atom stereocenters. The molecule has 1 heterocycles. The maximum Gasteiger partial charge on any atom is 0.387 e. The lowest BCUT2D eigenvalue weighted by molar-refractivity contribution is -0.0494. The second-order valence-corrected chi connectivity index (χ2v) is 4.23. The van der Waals surface area contributed by atoms with Gasteiger partial charge in [0.15, 0.2) is 5.82 Å². The van der Waals surface area contributed by atoms with Crippen LogP contribution in [0.4, 0.5) is 14.6 Å². The van der Waals surface area contributed by atoms with Crippen LogP contribution in [0.3, 0.4) is 0 Å². The number of benzene rings is 1. The van der Waals surface area contributed by atoms with Gasteiger partial charge in [-0.1, -0.05) is 19.1 Å². The summed E-state index contributed by atoms with van der Waals surface area (Å²) in [6.07, 6.45) is 0.684. The fourth-order valence-corrected chi connectivity index (χ4v) is 1.90. The lowest BCUT2D eigenvalue weighted by Crippen LogP contribution is -2.07. The second-order valence-electron chi connectivity index (χ2n) is 4.23.